The maximum Gasteiger partial charge on any atom is 0.320 e. The molecule has 120 valence electrons. The number of hydrogen-bond donors (Lipinski definition) is 1. The van der Waals surface area contributed by atoms with Gasteiger partial charge in [0.2, 0.25) is 5.91 Å². The third-order valence-electron chi connectivity index (χ3n) is 3.95. The predicted molar refractivity (Wildman–Crippen MR) is 88.1 cm³/mol. The molecule has 1 saturated heterocycles. The van der Waals surface area contributed by atoms with Crippen LogP contribution in [0.4, 0.5) is 10.5 Å². The molecule has 6 heteroatoms. The van der Waals surface area contributed by atoms with Crippen molar-refractivity contribution < 1.29 is 9.59 Å². The van der Waals surface area contributed by atoms with Gasteiger partial charge in [-0.1, -0.05) is 11.6 Å². The first-order valence-corrected chi connectivity index (χ1v) is 8.06. The Labute approximate surface area is 136 Å². The lowest BCUT2D eigenvalue weighted by atomic mass is 10.2. The molecule has 0 aliphatic carbocycles. The van der Waals surface area contributed by atoms with Gasteiger partial charge in [-0.25, -0.2) is 4.79 Å². The molecule has 0 aromatic heterocycles. The highest BCUT2D eigenvalue weighted by molar-refractivity contribution is 6.30. The largest absolute Gasteiger partial charge is 0.325 e. The molecule has 0 radical (unpaired) electrons. The van der Waals surface area contributed by atoms with Crippen LogP contribution in [0.5, 0.6) is 0 Å². The number of hydrogen-bond acceptors (Lipinski definition) is 2. The zero-order valence-corrected chi connectivity index (χ0v) is 13.8. The number of nitrogens with one attached hydrogen (secondary N) is 1. The Morgan fingerprint density at radius 2 is 1.91 bits per heavy atom. The highest BCUT2D eigenvalue weighted by atomic mass is 35.5. The molecule has 1 aromatic carbocycles. The third-order valence-corrected chi connectivity index (χ3v) is 4.20. The number of carbonyl (C=O) groups is 2. The van der Waals surface area contributed by atoms with Gasteiger partial charge in [0, 0.05) is 30.3 Å². The van der Waals surface area contributed by atoms with Crippen LogP contribution < -0.4 is 5.32 Å². The molecular weight excluding hydrogens is 302 g/mol. The van der Waals surface area contributed by atoms with Crippen LogP contribution in [0.15, 0.2) is 24.3 Å². The first-order chi connectivity index (χ1) is 10.6. The summed E-state index contributed by atoms with van der Waals surface area (Å²) < 4.78 is 0. The van der Waals surface area contributed by atoms with Crippen molar-refractivity contribution in [3.63, 3.8) is 0 Å². The summed E-state index contributed by atoms with van der Waals surface area (Å²) >= 11 is 5.84. The molecule has 0 spiro atoms. The minimum Gasteiger partial charge on any atom is -0.325 e. The second kappa shape index (κ2) is 7.49. The number of urea groups is 1. The maximum atomic E-state index is 12.5. The Balaban J connectivity index is 2.04. The summed E-state index contributed by atoms with van der Waals surface area (Å²) in [7, 11) is 0. The van der Waals surface area contributed by atoms with E-state index in [4.69, 9.17) is 11.6 Å². The first kappa shape index (κ1) is 16.6. The van der Waals surface area contributed by atoms with E-state index >= 15 is 0 Å². The smallest absolute Gasteiger partial charge is 0.320 e. The molecule has 3 amide bonds. The van der Waals surface area contributed by atoms with Crippen LogP contribution in [0.1, 0.15) is 26.7 Å². The van der Waals surface area contributed by atoms with Gasteiger partial charge >= 0.3 is 6.03 Å². The van der Waals surface area contributed by atoms with E-state index in [-0.39, 0.29) is 11.9 Å². The molecule has 1 atom stereocenters. The lowest BCUT2D eigenvalue weighted by Gasteiger charge is -2.30. The van der Waals surface area contributed by atoms with E-state index in [0.29, 0.717) is 36.8 Å². The molecule has 22 heavy (non-hydrogen) atoms. The minimum atomic E-state index is -0.399. The molecule has 1 N–H and O–H groups in total. The number of rotatable bonds is 4. The van der Waals surface area contributed by atoms with Gasteiger partial charge in [0.15, 0.2) is 0 Å². The fourth-order valence-corrected chi connectivity index (χ4v) is 2.83. The topological polar surface area (TPSA) is 52.7 Å². The Bertz CT molecular complexity index is 529. The monoisotopic (exact) mass is 323 g/mol. The Hall–Kier alpha value is -1.75. The number of nitrogens with zero attached hydrogens (tertiary/aromatic N) is 2. The average Bonchev–Trinajstić information content (AvgIpc) is 3.00. The fraction of sp³-hybridized carbons (Fsp3) is 0.500. The van der Waals surface area contributed by atoms with Crippen molar-refractivity contribution in [1.82, 2.24) is 9.80 Å². The van der Waals surface area contributed by atoms with Crippen LogP contribution in [0.3, 0.4) is 0 Å². The molecule has 1 aliphatic heterocycles. The molecule has 0 bridgehead atoms. The fourth-order valence-electron chi connectivity index (χ4n) is 2.70. The number of amides is 3. The van der Waals surface area contributed by atoms with Gasteiger partial charge in [0.1, 0.15) is 6.04 Å². The van der Waals surface area contributed by atoms with E-state index in [1.807, 2.05) is 13.8 Å². The molecule has 1 fully saturated rings. The van der Waals surface area contributed by atoms with E-state index in [0.717, 1.165) is 6.42 Å². The van der Waals surface area contributed by atoms with E-state index < -0.39 is 6.04 Å². The first-order valence-electron chi connectivity index (χ1n) is 7.68. The zero-order chi connectivity index (χ0) is 16.1. The SMILES string of the molecule is CCN(CC)C(=O)N1CCC[C@H]1C(=O)Nc1ccc(Cl)cc1. The Morgan fingerprint density at radius 1 is 1.27 bits per heavy atom. The normalized spacial score (nSPS) is 17.4. The second-order valence-corrected chi connectivity index (χ2v) is 5.74. The van der Waals surface area contributed by atoms with Crippen LogP contribution in [-0.2, 0) is 4.79 Å². The number of carbonyl (C=O) groups excluding carboxylic acids is 2. The standard InChI is InChI=1S/C16H22ClN3O2/c1-3-19(4-2)16(22)20-11-5-6-14(20)15(21)18-13-9-7-12(17)8-10-13/h7-10,14H,3-6,11H2,1-2H3,(H,18,21)/t14-/m0/s1. The van der Waals surface area contributed by atoms with Gasteiger partial charge in [-0.3, -0.25) is 4.79 Å². The Morgan fingerprint density at radius 3 is 2.50 bits per heavy atom. The average molecular weight is 324 g/mol. The highest BCUT2D eigenvalue weighted by Crippen LogP contribution is 2.21. The molecular formula is C16H22ClN3O2. The molecule has 1 heterocycles. The van der Waals surface area contributed by atoms with Crippen LogP contribution >= 0.6 is 11.6 Å². The quantitative estimate of drug-likeness (QED) is 0.925. The van der Waals surface area contributed by atoms with Gasteiger partial charge in [-0.2, -0.15) is 0 Å². The van der Waals surface area contributed by atoms with Crippen LogP contribution in [-0.4, -0.2) is 47.4 Å². The van der Waals surface area contributed by atoms with Crippen LogP contribution in [0.2, 0.25) is 5.02 Å². The summed E-state index contributed by atoms with van der Waals surface area (Å²) in [5, 5.41) is 3.48. The third kappa shape index (κ3) is 3.71. The summed E-state index contributed by atoms with van der Waals surface area (Å²) in [6, 6.07) is 6.51. The number of benzene rings is 1. The second-order valence-electron chi connectivity index (χ2n) is 5.30. The molecule has 0 unspecified atom stereocenters. The van der Waals surface area contributed by atoms with Crippen molar-refractivity contribution in [1.29, 1.82) is 0 Å². The van der Waals surface area contributed by atoms with Crippen molar-refractivity contribution >= 4 is 29.2 Å². The van der Waals surface area contributed by atoms with E-state index in [1.54, 1.807) is 34.1 Å². The van der Waals surface area contributed by atoms with Gasteiger partial charge in [-0.15, -0.1) is 0 Å². The molecule has 1 aromatic rings. The summed E-state index contributed by atoms with van der Waals surface area (Å²) in [5.41, 5.74) is 0.691. The lowest BCUT2D eigenvalue weighted by molar-refractivity contribution is -0.119. The zero-order valence-electron chi connectivity index (χ0n) is 13.0. The highest BCUT2D eigenvalue weighted by Gasteiger charge is 2.35. The van der Waals surface area contributed by atoms with E-state index in [9.17, 15) is 9.59 Å². The van der Waals surface area contributed by atoms with Crippen LogP contribution in [0, 0.1) is 0 Å². The predicted octanol–water partition coefficient (Wildman–Crippen LogP) is 3.20. The summed E-state index contributed by atoms with van der Waals surface area (Å²) in [6.07, 6.45) is 1.55. The molecule has 1 aliphatic rings. The van der Waals surface area contributed by atoms with Crippen molar-refractivity contribution in [3.8, 4) is 0 Å². The van der Waals surface area contributed by atoms with Gasteiger partial charge in [-0.05, 0) is 51.0 Å². The van der Waals surface area contributed by atoms with Crippen molar-refractivity contribution in [2.75, 3.05) is 25.0 Å². The number of anilines is 1. The maximum absolute atomic E-state index is 12.5. The molecule has 5 nitrogen and oxygen atoms in total. The van der Waals surface area contributed by atoms with Gasteiger partial charge in [0.25, 0.3) is 0 Å². The van der Waals surface area contributed by atoms with Crippen molar-refractivity contribution in [3.05, 3.63) is 29.3 Å². The Kier molecular flexibility index (Phi) is 5.66. The van der Waals surface area contributed by atoms with Gasteiger partial charge < -0.3 is 15.1 Å². The van der Waals surface area contributed by atoms with Crippen molar-refractivity contribution in [2.24, 2.45) is 0 Å². The lowest BCUT2D eigenvalue weighted by Crippen LogP contribution is -2.49. The van der Waals surface area contributed by atoms with E-state index in [1.165, 1.54) is 0 Å². The van der Waals surface area contributed by atoms with Crippen molar-refractivity contribution in [2.45, 2.75) is 32.7 Å². The van der Waals surface area contributed by atoms with Gasteiger partial charge in [0.05, 0.1) is 0 Å². The molecule has 2 rings (SSSR count). The molecule has 0 saturated carbocycles. The summed E-state index contributed by atoms with van der Waals surface area (Å²) in [4.78, 5) is 28.4. The number of likely N-dealkylation sites (tertiary alicyclic amines) is 1. The number of halogens is 1. The minimum absolute atomic E-state index is 0.0567. The summed E-state index contributed by atoms with van der Waals surface area (Å²) in [5.74, 6) is -0.139. The van der Waals surface area contributed by atoms with Crippen LogP contribution in [0.25, 0.3) is 0 Å². The van der Waals surface area contributed by atoms with E-state index in [2.05, 4.69) is 5.32 Å². The summed E-state index contributed by atoms with van der Waals surface area (Å²) in [6.45, 7) is 5.82.